The first-order valence-electron chi connectivity index (χ1n) is 6.11. The second-order valence-corrected chi connectivity index (χ2v) is 4.05. The summed E-state index contributed by atoms with van der Waals surface area (Å²) in [6, 6.07) is 8.61. The lowest BCUT2D eigenvalue weighted by atomic mass is 10.2. The van der Waals surface area contributed by atoms with Crippen LogP contribution >= 0.6 is 0 Å². The number of amides is 2. The van der Waals surface area contributed by atoms with Crippen LogP contribution in [0.25, 0.3) is 0 Å². The molecule has 21 heavy (non-hydrogen) atoms. The van der Waals surface area contributed by atoms with E-state index in [1.165, 1.54) is 0 Å². The van der Waals surface area contributed by atoms with Gasteiger partial charge in [0.1, 0.15) is 6.61 Å². The molecule has 114 valence electrons. The summed E-state index contributed by atoms with van der Waals surface area (Å²) in [7, 11) is 0. The van der Waals surface area contributed by atoms with Gasteiger partial charge < -0.3 is 20.7 Å². The Bertz CT molecular complexity index is 505. The third-order valence-electron chi connectivity index (χ3n) is 2.49. The molecule has 0 heterocycles. The van der Waals surface area contributed by atoms with Crippen molar-refractivity contribution in [2.75, 3.05) is 6.54 Å². The highest BCUT2D eigenvalue weighted by atomic mass is 16.6. The lowest BCUT2D eigenvalue weighted by Gasteiger charge is -2.22. The molecule has 1 rings (SSSR count). The zero-order valence-electron chi connectivity index (χ0n) is 11.1. The Hall–Kier alpha value is -2.45. The predicted octanol–water partition coefficient (Wildman–Crippen LogP) is -0.0964. The fraction of sp³-hybridized carbons (Fsp3) is 0.308. The van der Waals surface area contributed by atoms with Gasteiger partial charge in [-0.2, -0.15) is 0 Å². The number of benzene rings is 1. The molecule has 0 unspecified atom stereocenters. The van der Waals surface area contributed by atoms with E-state index in [2.05, 4.69) is 0 Å². The van der Waals surface area contributed by atoms with Crippen molar-refractivity contribution in [3.8, 4) is 0 Å². The Morgan fingerprint density at radius 3 is 2.38 bits per heavy atom. The second-order valence-electron chi connectivity index (χ2n) is 4.05. The molecule has 1 aromatic carbocycles. The van der Waals surface area contributed by atoms with Gasteiger partial charge in [0.05, 0.1) is 0 Å². The van der Waals surface area contributed by atoms with E-state index >= 15 is 0 Å². The normalized spacial score (nSPS) is 11.5. The first-order valence-corrected chi connectivity index (χ1v) is 6.11. The molecule has 1 aromatic rings. The monoisotopic (exact) mass is 296 g/mol. The van der Waals surface area contributed by atoms with Crippen LogP contribution in [-0.2, 0) is 20.9 Å². The van der Waals surface area contributed by atoms with Gasteiger partial charge in [0.25, 0.3) is 0 Å². The van der Waals surface area contributed by atoms with E-state index in [0.29, 0.717) is 5.56 Å². The Morgan fingerprint density at radius 2 is 1.86 bits per heavy atom. The molecule has 0 saturated heterocycles. The minimum Gasteiger partial charge on any atom is -0.478 e. The molecule has 0 saturated carbocycles. The van der Waals surface area contributed by atoms with Crippen LogP contribution in [0.2, 0.25) is 0 Å². The van der Waals surface area contributed by atoms with E-state index in [-0.39, 0.29) is 24.5 Å². The van der Waals surface area contributed by atoms with Crippen LogP contribution in [0.4, 0.5) is 4.79 Å². The second kappa shape index (κ2) is 7.98. The highest BCUT2D eigenvalue weighted by Crippen LogP contribution is 2.07. The number of hydrogen-bond donors (Lipinski definition) is 3. The highest BCUT2D eigenvalue weighted by molar-refractivity contribution is 5.95. The number of carboxylic acid groups (broad SMARTS) is 1. The molecule has 2 amide bonds. The number of imide groups is 1. The van der Waals surface area contributed by atoms with Gasteiger partial charge >= 0.3 is 12.1 Å². The average Bonchev–Trinajstić information content (AvgIpc) is 2.46. The van der Waals surface area contributed by atoms with E-state index in [9.17, 15) is 19.5 Å². The van der Waals surface area contributed by atoms with Crippen molar-refractivity contribution in [1.82, 2.24) is 4.90 Å². The molecular formula is C13H16N2O6. The van der Waals surface area contributed by atoms with Gasteiger partial charge in [0.2, 0.25) is 12.1 Å². The van der Waals surface area contributed by atoms with Gasteiger partial charge in [-0.3, -0.25) is 4.79 Å². The van der Waals surface area contributed by atoms with Crippen LogP contribution in [0.5, 0.6) is 0 Å². The van der Waals surface area contributed by atoms with E-state index in [1.807, 2.05) is 0 Å². The number of aliphatic carboxylic acids is 1. The molecule has 0 spiro atoms. The third kappa shape index (κ3) is 4.86. The van der Waals surface area contributed by atoms with Crippen molar-refractivity contribution in [2.24, 2.45) is 5.73 Å². The van der Waals surface area contributed by atoms with Crippen LogP contribution in [0.3, 0.4) is 0 Å². The summed E-state index contributed by atoms with van der Waals surface area (Å²) in [6.45, 7) is -0.244. The smallest absolute Gasteiger partial charge is 0.419 e. The van der Waals surface area contributed by atoms with Gasteiger partial charge in [-0.05, 0) is 5.56 Å². The van der Waals surface area contributed by atoms with Gasteiger partial charge in [-0.1, -0.05) is 30.3 Å². The minimum absolute atomic E-state index is 0.0896. The van der Waals surface area contributed by atoms with Crippen LogP contribution in [0.1, 0.15) is 12.0 Å². The first kappa shape index (κ1) is 16.6. The molecule has 0 aliphatic heterocycles. The molecule has 0 aliphatic carbocycles. The molecule has 8 nitrogen and oxygen atoms in total. The van der Waals surface area contributed by atoms with Gasteiger partial charge in [0, 0.05) is 13.0 Å². The van der Waals surface area contributed by atoms with Crippen LogP contribution < -0.4 is 5.73 Å². The topological polar surface area (TPSA) is 130 Å². The maximum absolute atomic E-state index is 11.8. The third-order valence-corrected chi connectivity index (χ3v) is 2.49. The number of carboxylic acids is 1. The summed E-state index contributed by atoms with van der Waals surface area (Å²) < 4.78 is 4.83. The number of ether oxygens (including phenoxy) is 1. The van der Waals surface area contributed by atoms with E-state index in [1.54, 1.807) is 30.3 Å². The Kier molecular flexibility index (Phi) is 6.31. The average molecular weight is 296 g/mol. The van der Waals surface area contributed by atoms with Crippen LogP contribution in [0.15, 0.2) is 30.3 Å². The Balaban J connectivity index is 2.75. The summed E-state index contributed by atoms with van der Waals surface area (Å²) in [5, 5.41) is 18.1. The molecule has 4 N–H and O–H groups in total. The number of carbonyl (C=O) groups is 3. The van der Waals surface area contributed by atoms with Crippen molar-refractivity contribution in [2.45, 2.75) is 19.3 Å². The van der Waals surface area contributed by atoms with Crippen molar-refractivity contribution in [3.63, 3.8) is 0 Å². The summed E-state index contributed by atoms with van der Waals surface area (Å²) in [6.07, 6.45) is -3.84. The molecule has 1 atom stereocenters. The van der Waals surface area contributed by atoms with E-state index < -0.39 is 24.2 Å². The Labute approximate surface area is 120 Å². The maximum atomic E-state index is 11.8. The van der Waals surface area contributed by atoms with Crippen molar-refractivity contribution >= 4 is 18.0 Å². The van der Waals surface area contributed by atoms with E-state index in [0.717, 1.165) is 0 Å². The molecule has 0 aromatic heterocycles. The number of aliphatic hydroxyl groups is 1. The minimum atomic E-state index is -2.31. The fourth-order valence-corrected chi connectivity index (χ4v) is 1.48. The highest BCUT2D eigenvalue weighted by Gasteiger charge is 2.34. The molecule has 0 aliphatic rings. The van der Waals surface area contributed by atoms with Crippen molar-refractivity contribution in [3.05, 3.63) is 35.9 Å². The SMILES string of the molecule is NCCC(=O)N(C(=O)OCc1ccccc1)[C@@H](O)C(=O)O. The zero-order chi connectivity index (χ0) is 15.8. The molecule has 0 bridgehead atoms. The number of hydrogen-bond acceptors (Lipinski definition) is 6. The standard InChI is InChI=1S/C13H16N2O6/c14-7-6-10(16)15(11(17)12(18)19)13(20)21-8-9-4-2-1-3-5-9/h1-5,11,17H,6-8,14H2,(H,18,19)/t11-/m0/s1. The van der Waals surface area contributed by atoms with Crippen molar-refractivity contribution < 1.29 is 29.3 Å². The van der Waals surface area contributed by atoms with Crippen LogP contribution in [0, 0.1) is 0 Å². The summed E-state index contributed by atoms with van der Waals surface area (Å²) in [4.78, 5) is 34.3. The number of aliphatic hydroxyl groups excluding tert-OH is 1. The lowest BCUT2D eigenvalue weighted by molar-refractivity contribution is -0.162. The van der Waals surface area contributed by atoms with Gasteiger partial charge in [0.15, 0.2) is 0 Å². The molecular weight excluding hydrogens is 280 g/mol. The summed E-state index contributed by atoms with van der Waals surface area (Å²) in [5.41, 5.74) is 5.83. The number of nitrogens with two attached hydrogens (primary N) is 1. The maximum Gasteiger partial charge on any atom is 0.419 e. The number of rotatable bonds is 6. The number of carbonyl (C=O) groups excluding carboxylic acids is 2. The largest absolute Gasteiger partial charge is 0.478 e. The van der Waals surface area contributed by atoms with Crippen LogP contribution in [-0.4, -0.2) is 45.9 Å². The fourth-order valence-electron chi connectivity index (χ4n) is 1.48. The molecule has 8 heteroatoms. The lowest BCUT2D eigenvalue weighted by Crippen LogP contribution is -2.49. The molecule has 0 fully saturated rings. The molecule has 0 radical (unpaired) electrons. The van der Waals surface area contributed by atoms with Gasteiger partial charge in [-0.25, -0.2) is 14.5 Å². The van der Waals surface area contributed by atoms with Gasteiger partial charge in [-0.15, -0.1) is 0 Å². The summed E-state index contributed by atoms with van der Waals surface area (Å²) >= 11 is 0. The summed E-state index contributed by atoms with van der Waals surface area (Å²) in [5.74, 6) is -2.66. The van der Waals surface area contributed by atoms with Crippen molar-refractivity contribution in [1.29, 1.82) is 0 Å². The zero-order valence-corrected chi connectivity index (χ0v) is 11.1. The predicted molar refractivity (Wildman–Crippen MR) is 70.8 cm³/mol. The first-order chi connectivity index (χ1) is 9.97. The Morgan fingerprint density at radius 1 is 1.24 bits per heavy atom. The number of nitrogens with zero attached hydrogens (tertiary/aromatic N) is 1. The quantitative estimate of drug-likeness (QED) is 0.625. The van der Waals surface area contributed by atoms with E-state index in [4.69, 9.17) is 15.6 Å².